The topological polar surface area (TPSA) is 83.5 Å². The predicted molar refractivity (Wildman–Crippen MR) is 151 cm³/mol. The lowest BCUT2D eigenvalue weighted by Gasteiger charge is -2.08. The lowest BCUT2D eigenvalue weighted by Crippen LogP contribution is -2.19. The molecule has 0 fully saturated rings. The number of halogens is 2. The van der Waals surface area contributed by atoms with E-state index in [9.17, 15) is 9.59 Å². The van der Waals surface area contributed by atoms with Gasteiger partial charge < -0.3 is 9.72 Å². The van der Waals surface area contributed by atoms with E-state index in [2.05, 4.69) is 15.5 Å². The van der Waals surface area contributed by atoms with Crippen LogP contribution >= 0.6 is 23.2 Å². The fraction of sp³-hybridized carbons (Fsp3) is 0.0333. The van der Waals surface area contributed by atoms with Gasteiger partial charge in [0.25, 0.3) is 5.91 Å². The molecule has 8 heteroatoms. The number of para-hydroxylation sites is 1. The maximum atomic E-state index is 13.3. The minimum absolute atomic E-state index is 0.284. The number of ether oxygens (including phenoxy) is 1. The number of aryl methyl sites for hydroxylation is 1. The quantitative estimate of drug-likeness (QED) is 0.101. The highest BCUT2D eigenvalue weighted by Gasteiger charge is 2.21. The average Bonchev–Trinajstić information content (AvgIpc) is 3.28. The van der Waals surface area contributed by atoms with E-state index in [0.717, 1.165) is 16.5 Å². The minimum atomic E-state index is -0.486. The highest BCUT2D eigenvalue weighted by atomic mass is 35.5. The van der Waals surface area contributed by atoms with Crippen LogP contribution in [0.25, 0.3) is 22.0 Å². The first kappa shape index (κ1) is 25.3. The Morgan fingerprint density at radius 3 is 2.53 bits per heavy atom. The molecule has 1 aromatic heterocycles. The molecule has 5 aromatic rings. The van der Waals surface area contributed by atoms with Crippen molar-refractivity contribution in [3.8, 4) is 16.9 Å². The number of benzene rings is 4. The Balaban J connectivity index is 1.41. The number of amides is 1. The summed E-state index contributed by atoms with van der Waals surface area (Å²) in [6.07, 6.45) is 1.42. The summed E-state index contributed by atoms with van der Waals surface area (Å²) in [5, 5.41) is 5.91. The molecule has 2 N–H and O–H groups in total. The van der Waals surface area contributed by atoms with E-state index in [1.165, 1.54) is 6.21 Å². The monoisotopic (exact) mass is 541 g/mol. The number of hydrogen-bond donors (Lipinski definition) is 2. The van der Waals surface area contributed by atoms with Crippen molar-refractivity contribution in [3.63, 3.8) is 0 Å². The van der Waals surface area contributed by atoms with Crippen LogP contribution in [0.3, 0.4) is 0 Å². The predicted octanol–water partition coefficient (Wildman–Crippen LogP) is 7.43. The molecule has 0 radical (unpaired) electrons. The van der Waals surface area contributed by atoms with Crippen LogP contribution < -0.4 is 10.2 Å². The third-order valence-electron chi connectivity index (χ3n) is 5.88. The zero-order valence-electron chi connectivity index (χ0n) is 20.2. The van der Waals surface area contributed by atoms with Crippen LogP contribution in [-0.2, 0) is 0 Å². The first-order valence-corrected chi connectivity index (χ1v) is 12.4. The second-order valence-corrected chi connectivity index (χ2v) is 9.38. The summed E-state index contributed by atoms with van der Waals surface area (Å²) in [4.78, 5) is 29.0. The third-order valence-corrected chi connectivity index (χ3v) is 6.44. The second-order valence-electron chi connectivity index (χ2n) is 8.54. The van der Waals surface area contributed by atoms with Crippen molar-refractivity contribution in [2.75, 3.05) is 0 Å². The van der Waals surface area contributed by atoms with Crippen LogP contribution in [0.5, 0.6) is 5.75 Å². The normalized spacial score (nSPS) is 11.1. The number of fused-ring (bicyclic) bond motifs is 1. The smallest absolute Gasteiger partial charge is 0.343 e. The number of hydrogen-bond acceptors (Lipinski definition) is 4. The van der Waals surface area contributed by atoms with E-state index < -0.39 is 11.9 Å². The molecule has 1 heterocycles. The summed E-state index contributed by atoms with van der Waals surface area (Å²) >= 11 is 12.7. The van der Waals surface area contributed by atoms with Crippen molar-refractivity contribution >= 4 is 52.2 Å². The van der Waals surface area contributed by atoms with Gasteiger partial charge in [0.05, 0.1) is 11.8 Å². The number of carbonyl (C=O) groups excluding carboxylic acids is 2. The summed E-state index contributed by atoms with van der Waals surface area (Å²) in [5.41, 5.74) is 6.78. The van der Waals surface area contributed by atoms with Crippen LogP contribution in [0.1, 0.15) is 32.0 Å². The summed E-state index contributed by atoms with van der Waals surface area (Å²) < 4.78 is 5.59. The Hall–Kier alpha value is -4.39. The maximum absolute atomic E-state index is 13.3. The van der Waals surface area contributed by atoms with Gasteiger partial charge in [0.15, 0.2) is 0 Å². The fourth-order valence-electron chi connectivity index (χ4n) is 4.11. The Bertz CT molecular complexity index is 1710. The molecule has 0 atom stereocenters. The van der Waals surface area contributed by atoms with Crippen molar-refractivity contribution in [1.82, 2.24) is 10.4 Å². The summed E-state index contributed by atoms with van der Waals surface area (Å²) in [6, 6.07) is 26.7. The van der Waals surface area contributed by atoms with E-state index in [4.69, 9.17) is 27.9 Å². The Morgan fingerprint density at radius 1 is 0.921 bits per heavy atom. The largest absolute Gasteiger partial charge is 0.422 e. The third kappa shape index (κ3) is 5.32. The molecule has 0 saturated heterocycles. The molecule has 1 amide bonds. The van der Waals surface area contributed by atoms with Crippen LogP contribution in [0.15, 0.2) is 96.1 Å². The lowest BCUT2D eigenvalue weighted by molar-refractivity contribution is 0.0734. The Labute approximate surface area is 228 Å². The van der Waals surface area contributed by atoms with Gasteiger partial charge in [-0.15, -0.1) is 0 Å². The number of aromatic nitrogens is 1. The molecule has 0 aliphatic rings. The molecule has 0 aliphatic carbocycles. The van der Waals surface area contributed by atoms with Crippen molar-refractivity contribution < 1.29 is 14.3 Å². The van der Waals surface area contributed by atoms with Crippen LogP contribution in [0, 0.1) is 6.92 Å². The molecular weight excluding hydrogens is 521 g/mol. The van der Waals surface area contributed by atoms with Gasteiger partial charge in [-0.05, 0) is 55.5 Å². The van der Waals surface area contributed by atoms with Crippen LogP contribution in [0.4, 0.5) is 0 Å². The van der Waals surface area contributed by atoms with Crippen molar-refractivity contribution in [1.29, 1.82) is 0 Å². The van der Waals surface area contributed by atoms with E-state index in [-0.39, 0.29) is 5.69 Å². The van der Waals surface area contributed by atoms with E-state index >= 15 is 0 Å². The molecule has 0 spiro atoms. The first-order valence-electron chi connectivity index (χ1n) is 11.7. The summed E-state index contributed by atoms with van der Waals surface area (Å²) in [5.74, 6) is -0.647. The summed E-state index contributed by atoms with van der Waals surface area (Å²) in [7, 11) is 0. The SMILES string of the molecule is Cc1cccc(C(=O)Oc2ccccc2C=NNC(=O)c2[nH]c3ccc(Cl)cc3c2-c2ccccc2Cl)c1. The molecule has 0 unspecified atom stereocenters. The molecular formula is C30H21Cl2N3O3. The van der Waals surface area contributed by atoms with Crippen molar-refractivity contribution in [2.45, 2.75) is 6.92 Å². The van der Waals surface area contributed by atoms with Gasteiger partial charge in [0.2, 0.25) is 0 Å². The minimum Gasteiger partial charge on any atom is -0.422 e. The second kappa shape index (κ2) is 10.9. The van der Waals surface area contributed by atoms with Gasteiger partial charge >= 0.3 is 5.97 Å². The van der Waals surface area contributed by atoms with Gasteiger partial charge in [0, 0.05) is 37.6 Å². The molecule has 188 valence electrons. The molecule has 0 bridgehead atoms. The highest BCUT2D eigenvalue weighted by molar-refractivity contribution is 6.34. The van der Waals surface area contributed by atoms with Gasteiger partial charge in [-0.2, -0.15) is 5.10 Å². The number of carbonyl (C=O) groups is 2. The van der Waals surface area contributed by atoms with Gasteiger partial charge in [-0.3, -0.25) is 4.79 Å². The Kier molecular flexibility index (Phi) is 7.26. The maximum Gasteiger partial charge on any atom is 0.343 e. The lowest BCUT2D eigenvalue weighted by atomic mass is 10.0. The van der Waals surface area contributed by atoms with E-state index in [0.29, 0.717) is 38.0 Å². The standard InChI is InChI=1S/C30H21Cl2N3O3/c1-18-7-6-9-19(15-18)30(37)38-26-12-5-2-8-20(26)17-33-35-29(36)28-27(22-10-3-4-11-24(22)32)23-16-21(31)13-14-25(23)34-28/h2-17,34H,1H3,(H,35,36). The zero-order chi connectivity index (χ0) is 26.6. The van der Waals surface area contributed by atoms with Gasteiger partial charge in [-0.25, -0.2) is 10.2 Å². The van der Waals surface area contributed by atoms with Crippen LogP contribution in [-0.4, -0.2) is 23.1 Å². The zero-order valence-corrected chi connectivity index (χ0v) is 21.7. The van der Waals surface area contributed by atoms with E-state index in [1.54, 1.807) is 66.7 Å². The number of H-pyrrole nitrogens is 1. The highest BCUT2D eigenvalue weighted by Crippen LogP contribution is 2.37. The van der Waals surface area contributed by atoms with Gasteiger partial charge in [0.1, 0.15) is 11.4 Å². The van der Waals surface area contributed by atoms with Crippen LogP contribution in [0.2, 0.25) is 10.0 Å². The van der Waals surface area contributed by atoms with Crippen molar-refractivity contribution in [3.05, 3.63) is 123 Å². The number of esters is 1. The number of nitrogens with one attached hydrogen (secondary N) is 2. The molecule has 6 nitrogen and oxygen atoms in total. The fourth-order valence-corrected chi connectivity index (χ4v) is 4.51. The molecule has 0 saturated carbocycles. The van der Waals surface area contributed by atoms with Gasteiger partial charge in [-0.1, -0.05) is 71.2 Å². The number of hydrazone groups is 1. The summed E-state index contributed by atoms with van der Waals surface area (Å²) in [6.45, 7) is 1.90. The number of nitrogens with zero attached hydrogens (tertiary/aromatic N) is 1. The number of aromatic amines is 1. The Morgan fingerprint density at radius 2 is 1.71 bits per heavy atom. The number of rotatable bonds is 6. The van der Waals surface area contributed by atoms with Crippen molar-refractivity contribution in [2.24, 2.45) is 5.10 Å². The molecule has 38 heavy (non-hydrogen) atoms. The first-order chi connectivity index (χ1) is 18.4. The molecule has 5 rings (SSSR count). The molecule has 0 aliphatic heterocycles. The molecule has 4 aromatic carbocycles. The van der Waals surface area contributed by atoms with E-state index in [1.807, 2.05) is 31.2 Å². The average molecular weight is 542 g/mol.